The Balaban J connectivity index is 1.47. The van der Waals surface area contributed by atoms with E-state index in [1.165, 1.54) is 0 Å². The Morgan fingerprint density at radius 1 is 1.19 bits per heavy atom. The molecule has 2 atom stereocenters. The molecule has 8 heteroatoms. The highest BCUT2D eigenvalue weighted by atomic mass is 79.9. The average molecular weight is 435 g/mol. The highest BCUT2D eigenvalue weighted by molar-refractivity contribution is 9.10. The minimum atomic E-state index is -0.559. The van der Waals surface area contributed by atoms with Gasteiger partial charge in [0.25, 0.3) is 5.91 Å². The number of benzene rings is 1. The van der Waals surface area contributed by atoms with Gasteiger partial charge in [-0.05, 0) is 57.0 Å². The van der Waals surface area contributed by atoms with Crippen LogP contribution in [0.5, 0.6) is 0 Å². The van der Waals surface area contributed by atoms with Crippen molar-refractivity contribution in [3.63, 3.8) is 0 Å². The third-order valence-corrected chi connectivity index (χ3v) is 6.19. The largest absolute Gasteiger partial charge is 0.353 e. The van der Waals surface area contributed by atoms with Crippen LogP contribution in [0, 0.1) is 5.92 Å². The number of carbonyl (C=O) groups is 3. The lowest BCUT2D eigenvalue weighted by Gasteiger charge is -2.38. The van der Waals surface area contributed by atoms with Gasteiger partial charge in [-0.2, -0.15) is 0 Å². The molecule has 2 unspecified atom stereocenters. The molecule has 0 radical (unpaired) electrons. The second kappa shape index (κ2) is 7.59. The lowest BCUT2D eigenvalue weighted by molar-refractivity contribution is -0.128. The Labute approximate surface area is 166 Å². The van der Waals surface area contributed by atoms with Gasteiger partial charge in [0.15, 0.2) is 0 Å². The SMILES string of the molecule is O=C(NC1CCN2C(=O)c3cc(Br)ccc3NC(=O)C2C1)C1CCNCC1. The van der Waals surface area contributed by atoms with E-state index in [0.29, 0.717) is 30.6 Å². The van der Waals surface area contributed by atoms with Crippen molar-refractivity contribution in [3.8, 4) is 0 Å². The smallest absolute Gasteiger partial charge is 0.256 e. The molecule has 4 rings (SSSR count). The van der Waals surface area contributed by atoms with Crippen LogP contribution in [0.1, 0.15) is 36.0 Å². The molecule has 0 saturated carbocycles. The summed E-state index contributed by atoms with van der Waals surface area (Å²) < 4.78 is 0.798. The summed E-state index contributed by atoms with van der Waals surface area (Å²) in [5.74, 6) is -0.221. The van der Waals surface area contributed by atoms with Gasteiger partial charge in [0.05, 0.1) is 11.3 Å². The quantitative estimate of drug-likeness (QED) is 0.657. The number of halogens is 1. The molecule has 144 valence electrons. The summed E-state index contributed by atoms with van der Waals surface area (Å²) in [5, 5.41) is 9.25. The van der Waals surface area contributed by atoms with Crippen LogP contribution in [0.3, 0.4) is 0 Å². The Hall–Kier alpha value is -1.93. The van der Waals surface area contributed by atoms with Gasteiger partial charge in [0, 0.05) is 23.0 Å². The second-order valence-electron chi connectivity index (χ2n) is 7.45. The van der Waals surface area contributed by atoms with E-state index in [1.54, 1.807) is 23.1 Å². The van der Waals surface area contributed by atoms with Gasteiger partial charge in [-0.1, -0.05) is 15.9 Å². The van der Waals surface area contributed by atoms with Crippen LogP contribution in [-0.2, 0) is 9.59 Å². The lowest BCUT2D eigenvalue weighted by Crippen LogP contribution is -2.55. The van der Waals surface area contributed by atoms with Gasteiger partial charge in [0.1, 0.15) is 6.04 Å². The summed E-state index contributed by atoms with van der Waals surface area (Å²) >= 11 is 3.39. The number of nitrogens with one attached hydrogen (secondary N) is 3. The molecule has 3 amide bonds. The van der Waals surface area contributed by atoms with E-state index in [9.17, 15) is 14.4 Å². The molecular weight excluding hydrogens is 412 g/mol. The molecule has 0 aliphatic carbocycles. The molecular formula is C19H23BrN4O3. The van der Waals surface area contributed by atoms with E-state index in [1.807, 2.05) is 0 Å². The van der Waals surface area contributed by atoms with Crippen molar-refractivity contribution in [1.82, 2.24) is 15.5 Å². The third-order valence-electron chi connectivity index (χ3n) is 5.69. The van der Waals surface area contributed by atoms with Gasteiger partial charge in [0.2, 0.25) is 11.8 Å². The summed E-state index contributed by atoms with van der Waals surface area (Å²) in [6.07, 6.45) is 2.80. The number of anilines is 1. The minimum absolute atomic E-state index is 0.0375. The normalized spacial score (nSPS) is 25.9. The molecule has 0 spiro atoms. The van der Waals surface area contributed by atoms with Crippen molar-refractivity contribution in [2.24, 2.45) is 5.92 Å². The molecule has 2 fully saturated rings. The lowest BCUT2D eigenvalue weighted by atomic mass is 9.93. The van der Waals surface area contributed by atoms with E-state index < -0.39 is 6.04 Å². The fourth-order valence-electron chi connectivity index (χ4n) is 4.16. The standard InChI is InChI=1S/C19H23BrN4O3/c20-12-1-2-15-14(9-12)19(27)24-8-5-13(10-16(24)18(26)23-15)22-17(25)11-3-6-21-7-4-11/h1-2,9,11,13,16,21H,3-8,10H2,(H,22,25)(H,23,26). The van der Waals surface area contributed by atoms with E-state index in [-0.39, 0.29) is 29.7 Å². The average Bonchev–Trinajstić information content (AvgIpc) is 2.78. The molecule has 0 bridgehead atoms. The van der Waals surface area contributed by atoms with Crippen LogP contribution in [0.2, 0.25) is 0 Å². The summed E-state index contributed by atoms with van der Waals surface area (Å²) in [4.78, 5) is 39.9. The first-order valence-electron chi connectivity index (χ1n) is 9.45. The number of fused-ring (bicyclic) bond motifs is 2. The minimum Gasteiger partial charge on any atom is -0.353 e. The third kappa shape index (κ3) is 3.73. The molecule has 3 heterocycles. The van der Waals surface area contributed by atoms with Crippen LogP contribution in [0.25, 0.3) is 0 Å². The maximum absolute atomic E-state index is 13.0. The predicted molar refractivity (Wildman–Crippen MR) is 104 cm³/mol. The number of nitrogens with zero attached hydrogens (tertiary/aromatic N) is 1. The van der Waals surface area contributed by atoms with Gasteiger partial charge in [-0.25, -0.2) is 0 Å². The summed E-state index contributed by atoms with van der Waals surface area (Å²) in [5.41, 5.74) is 1.04. The number of piperidine rings is 2. The van der Waals surface area contributed by atoms with Crippen molar-refractivity contribution in [2.75, 3.05) is 25.0 Å². The number of hydrogen-bond acceptors (Lipinski definition) is 4. The molecule has 3 aliphatic rings. The highest BCUT2D eigenvalue weighted by Gasteiger charge is 2.40. The maximum atomic E-state index is 13.0. The monoisotopic (exact) mass is 434 g/mol. The van der Waals surface area contributed by atoms with E-state index in [2.05, 4.69) is 31.9 Å². The van der Waals surface area contributed by atoms with Crippen LogP contribution in [-0.4, -0.2) is 54.3 Å². The van der Waals surface area contributed by atoms with Crippen molar-refractivity contribution < 1.29 is 14.4 Å². The van der Waals surface area contributed by atoms with E-state index in [4.69, 9.17) is 0 Å². The highest BCUT2D eigenvalue weighted by Crippen LogP contribution is 2.30. The topological polar surface area (TPSA) is 90.5 Å². The Morgan fingerprint density at radius 3 is 2.74 bits per heavy atom. The summed E-state index contributed by atoms with van der Waals surface area (Å²) in [6.45, 7) is 2.19. The zero-order chi connectivity index (χ0) is 19.0. The molecule has 3 aliphatic heterocycles. The van der Waals surface area contributed by atoms with E-state index >= 15 is 0 Å². The summed E-state index contributed by atoms with van der Waals surface area (Å²) in [6, 6.07) is 4.64. The first kappa shape index (κ1) is 18.4. The molecule has 27 heavy (non-hydrogen) atoms. The molecule has 2 saturated heterocycles. The number of amides is 3. The van der Waals surface area contributed by atoms with Gasteiger partial charge >= 0.3 is 0 Å². The second-order valence-corrected chi connectivity index (χ2v) is 8.36. The molecule has 3 N–H and O–H groups in total. The zero-order valence-corrected chi connectivity index (χ0v) is 16.5. The zero-order valence-electron chi connectivity index (χ0n) is 15.0. The number of rotatable bonds is 2. The first-order chi connectivity index (χ1) is 13.0. The van der Waals surface area contributed by atoms with Gasteiger partial charge < -0.3 is 20.9 Å². The maximum Gasteiger partial charge on any atom is 0.256 e. The Morgan fingerprint density at radius 2 is 1.96 bits per heavy atom. The Bertz CT molecular complexity index is 778. The van der Waals surface area contributed by atoms with Crippen LogP contribution in [0.4, 0.5) is 5.69 Å². The molecule has 0 aromatic heterocycles. The Kier molecular flexibility index (Phi) is 5.19. The van der Waals surface area contributed by atoms with Crippen LogP contribution < -0.4 is 16.0 Å². The van der Waals surface area contributed by atoms with Gasteiger partial charge in [-0.3, -0.25) is 14.4 Å². The van der Waals surface area contributed by atoms with Gasteiger partial charge in [-0.15, -0.1) is 0 Å². The fraction of sp³-hybridized carbons (Fsp3) is 0.526. The molecule has 1 aromatic carbocycles. The van der Waals surface area contributed by atoms with E-state index in [0.717, 1.165) is 30.4 Å². The van der Waals surface area contributed by atoms with Crippen molar-refractivity contribution in [1.29, 1.82) is 0 Å². The van der Waals surface area contributed by atoms with Crippen LogP contribution >= 0.6 is 15.9 Å². The number of carbonyl (C=O) groups excluding carboxylic acids is 3. The van der Waals surface area contributed by atoms with Crippen molar-refractivity contribution >= 4 is 39.3 Å². The van der Waals surface area contributed by atoms with Crippen molar-refractivity contribution in [2.45, 2.75) is 37.8 Å². The first-order valence-corrected chi connectivity index (χ1v) is 10.2. The summed E-state index contributed by atoms with van der Waals surface area (Å²) in [7, 11) is 0. The fourth-order valence-corrected chi connectivity index (χ4v) is 4.53. The molecule has 1 aromatic rings. The van der Waals surface area contributed by atoms with Crippen LogP contribution in [0.15, 0.2) is 22.7 Å². The predicted octanol–water partition coefficient (Wildman–Crippen LogP) is 1.49. The van der Waals surface area contributed by atoms with Crippen molar-refractivity contribution in [3.05, 3.63) is 28.2 Å². The number of hydrogen-bond donors (Lipinski definition) is 3. The molecule has 7 nitrogen and oxygen atoms in total.